The van der Waals surface area contributed by atoms with E-state index >= 15 is 0 Å². The first kappa shape index (κ1) is 27.9. The van der Waals surface area contributed by atoms with Gasteiger partial charge in [0.1, 0.15) is 6.10 Å². The lowest BCUT2D eigenvalue weighted by Gasteiger charge is -2.58. The van der Waals surface area contributed by atoms with E-state index in [-0.39, 0.29) is 11.5 Å². The summed E-state index contributed by atoms with van der Waals surface area (Å²) in [4.78, 5) is 0. The van der Waals surface area contributed by atoms with Crippen LogP contribution in [0, 0.1) is 34.5 Å². The summed E-state index contributed by atoms with van der Waals surface area (Å²) in [7, 11) is 0. The predicted molar refractivity (Wildman–Crippen MR) is 149 cm³/mol. The normalized spacial score (nSPS) is 43.4. The average Bonchev–Trinajstić information content (AvgIpc) is 3.20. The minimum absolute atomic E-state index is 0.180. The van der Waals surface area contributed by atoms with Gasteiger partial charge in [-0.15, -0.1) is 0 Å². The Labute approximate surface area is 226 Å². The SMILES string of the molecule is C[C@H](CCCC(C)(C)O)[C@H]1CC[C@H]2C3=CC=C4C[C@@H](O)[C@@H](OC5CCCCC5)[C@H](O)[C@]4(C)[C@H]3CC[C@]12C. The minimum Gasteiger partial charge on any atom is -0.390 e. The average molecular weight is 515 g/mol. The fourth-order valence-electron chi connectivity index (χ4n) is 9.67. The van der Waals surface area contributed by atoms with Crippen LogP contribution in [0.2, 0.25) is 0 Å². The molecule has 5 aliphatic carbocycles. The number of allylic oxidation sites excluding steroid dienone is 3. The van der Waals surface area contributed by atoms with Crippen LogP contribution in [-0.4, -0.2) is 45.3 Å². The molecule has 4 heteroatoms. The van der Waals surface area contributed by atoms with E-state index in [9.17, 15) is 15.3 Å². The third-order valence-corrected chi connectivity index (χ3v) is 11.8. The van der Waals surface area contributed by atoms with Gasteiger partial charge in [-0.05, 0) is 94.3 Å². The summed E-state index contributed by atoms with van der Waals surface area (Å²) in [5.74, 6) is 2.32. The highest BCUT2D eigenvalue weighted by Crippen LogP contribution is 2.66. The van der Waals surface area contributed by atoms with Gasteiger partial charge in [0.15, 0.2) is 0 Å². The zero-order valence-corrected chi connectivity index (χ0v) is 24.2. The lowest BCUT2D eigenvalue weighted by atomic mass is 9.49. The van der Waals surface area contributed by atoms with Crippen molar-refractivity contribution in [3.8, 4) is 0 Å². The number of fused-ring (bicyclic) bond motifs is 5. The van der Waals surface area contributed by atoms with E-state index in [1.807, 2.05) is 13.8 Å². The summed E-state index contributed by atoms with van der Waals surface area (Å²) in [6.45, 7) is 11.1. The van der Waals surface area contributed by atoms with Crippen molar-refractivity contribution in [1.29, 1.82) is 0 Å². The Hall–Kier alpha value is -0.680. The Morgan fingerprint density at radius 3 is 2.43 bits per heavy atom. The maximum Gasteiger partial charge on any atom is 0.111 e. The Kier molecular flexibility index (Phi) is 7.82. The maximum atomic E-state index is 11.9. The molecule has 0 aromatic heterocycles. The first-order chi connectivity index (χ1) is 17.4. The van der Waals surface area contributed by atoms with Gasteiger partial charge in [-0.2, -0.15) is 0 Å². The zero-order valence-electron chi connectivity index (χ0n) is 24.2. The lowest BCUT2D eigenvalue weighted by Crippen LogP contribution is -2.60. The summed E-state index contributed by atoms with van der Waals surface area (Å²) >= 11 is 0. The molecular weight excluding hydrogens is 460 g/mol. The van der Waals surface area contributed by atoms with E-state index in [1.165, 1.54) is 50.5 Å². The summed E-state index contributed by atoms with van der Waals surface area (Å²) in [6.07, 6.45) is 17.5. The van der Waals surface area contributed by atoms with E-state index in [0.717, 1.165) is 38.0 Å². The molecule has 0 aromatic carbocycles. The molecule has 0 aliphatic heterocycles. The van der Waals surface area contributed by atoms with Gasteiger partial charge < -0.3 is 20.1 Å². The van der Waals surface area contributed by atoms with Crippen LogP contribution in [0.5, 0.6) is 0 Å². The van der Waals surface area contributed by atoms with Crippen molar-refractivity contribution in [1.82, 2.24) is 0 Å². The molecule has 9 atom stereocenters. The molecule has 0 amide bonds. The molecule has 0 bridgehead atoms. The fourth-order valence-corrected chi connectivity index (χ4v) is 9.67. The van der Waals surface area contributed by atoms with Gasteiger partial charge in [-0.1, -0.05) is 76.2 Å². The van der Waals surface area contributed by atoms with Gasteiger partial charge in [0.2, 0.25) is 0 Å². The predicted octanol–water partition coefficient (Wildman–Crippen LogP) is 6.72. The molecule has 0 saturated heterocycles. The number of aliphatic hydroxyl groups is 3. The molecule has 0 heterocycles. The van der Waals surface area contributed by atoms with Crippen molar-refractivity contribution in [3.63, 3.8) is 0 Å². The summed E-state index contributed by atoms with van der Waals surface area (Å²) in [5, 5.41) is 33.1. The second-order valence-electron chi connectivity index (χ2n) is 14.7. The Morgan fingerprint density at radius 1 is 1.00 bits per heavy atom. The first-order valence-corrected chi connectivity index (χ1v) is 15.6. The summed E-state index contributed by atoms with van der Waals surface area (Å²) in [6, 6.07) is 0. The number of hydrogen-bond acceptors (Lipinski definition) is 4. The van der Waals surface area contributed by atoms with Crippen molar-refractivity contribution in [2.24, 2.45) is 34.5 Å². The Morgan fingerprint density at radius 2 is 1.73 bits per heavy atom. The molecule has 4 fully saturated rings. The number of hydrogen-bond donors (Lipinski definition) is 3. The van der Waals surface area contributed by atoms with Crippen LogP contribution in [-0.2, 0) is 4.74 Å². The highest BCUT2D eigenvalue weighted by molar-refractivity contribution is 5.40. The van der Waals surface area contributed by atoms with E-state index in [4.69, 9.17) is 4.74 Å². The molecule has 3 N–H and O–H groups in total. The standard InChI is InChI=1S/C33H54O4/c1-21(10-9-18-31(2,3)36)25-15-16-26-24-14-13-22-20-28(34)29(37-23-11-7-6-8-12-23)30(35)33(22,5)27(24)17-19-32(25,26)4/h13-14,21,23,25-30,34-36H,6-12,15-20H2,1-5H3/t21-,25-,26+,27+,28-,29-,30+,32-,33+/m1/s1. The number of aliphatic hydroxyl groups excluding tert-OH is 2. The first-order valence-electron chi connectivity index (χ1n) is 15.6. The number of rotatable bonds is 7. The molecular formula is C33H54O4. The van der Waals surface area contributed by atoms with Crippen molar-refractivity contribution >= 4 is 0 Å². The van der Waals surface area contributed by atoms with Gasteiger partial charge in [0.25, 0.3) is 0 Å². The second-order valence-corrected chi connectivity index (χ2v) is 14.7. The van der Waals surface area contributed by atoms with Gasteiger partial charge in [0.05, 0.1) is 23.9 Å². The molecule has 0 unspecified atom stereocenters. The van der Waals surface area contributed by atoms with Gasteiger partial charge >= 0.3 is 0 Å². The van der Waals surface area contributed by atoms with Crippen LogP contribution in [0.4, 0.5) is 0 Å². The number of ether oxygens (including phenoxy) is 1. The Balaban J connectivity index is 1.33. The molecule has 0 radical (unpaired) electrons. The fraction of sp³-hybridized carbons (Fsp3) is 0.879. The summed E-state index contributed by atoms with van der Waals surface area (Å²) < 4.78 is 6.50. The molecule has 37 heavy (non-hydrogen) atoms. The van der Waals surface area contributed by atoms with Crippen molar-refractivity contribution in [2.75, 3.05) is 0 Å². The van der Waals surface area contributed by atoms with E-state index in [1.54, 1.807) is 5.57 Å². The molecule has 0 spiro atoms. The second kappa shape index (κ2) is 10.4. The quantitative estimate of drug-likeness (QED) is 0.353. The molecule has 5 rings (SSSR count). The Bertz CT molecular complexity index is 879. The zero-order chi connectivity index (χ0) is 26.6. The van der Waals surface area contributed by atoms with Gasteiger partial charge in [0, 0.05) is 5.41 Å². The maximum absolute atomic E-state index is 11.9. The topological polar surface area (TPSA) is 69.9 Å². The monoisotopic (exact) mass is 514 g/mol. The van der Waals surface area contributed by atoms with Crippen molar-refractivity contribution in [2.45, 2.75) is 148 Å². The molecule has 0 aromatic rings. The highest BCUT2D eigenvalue weighted by Gasteiger charge is 2.60. The van der Waals surface area contributed by atoms with Gasteiger partial charge in [-0.3, -0.25) is 0 Å². The van der Waals surface area contributed by atoms with Crippen LogP contribution in [0.1, 0.15) is 118 Å². The minimum atomic E-state index is -0.666. The third-order valence-electron chi connectivity index (χ3n) is 11.8. The van der Waals surface area contributed by atoms with Crippen molar-refractivity contribution < 1.29 is 20.1 Å². The van der Waals surface area contributed by atoms with E-state index in [0.29, 0.717) is 29.6 Å². The van der Waals surface area contributed by atoms with E-state index in [2.05, 4.69) is 32.9 Å². The molecule has 210 valence electrons. The molecule has 5 aliphatic rings. The van der Waals surface area contributed by atoms with E-state index < -0.39 is 23.9 Å². The van der Waals surface area contributed by atoms with Gasteiger partial charge in [-0.25, -0.2) is 0 Å². The van der Waals surface area contributed by atoms with Crippen molar-refractivity contribution in [3.05, 3.63) is 23.3 Å². The summed E-state index contributed by atoms with van der Waals surface area (Å²) in [5.41, 5.74) is 2.19. The molecule has 4 saturated carbocycles. The van der Waals surface area contributed by atoms with Crippen LogP contribution >= 0.6 is 0 Å². The van der Waals surface area contributed by atoms with Crippen LogP contribution in [0.25, 0.3) is 0 Å². The highest BCUT2D eigenvalue weighted by atomic mass is 16.5. The smallest absolute Gasteiger partial charge is 0.111 e. The van der Waals surface area contributed by atoms with Crippen LogP contribution < -0.4 is 0 Å². The molecule has 4 nitrogen and oxygen atoms in total. The van der Waals surface area contributed by atoms with Crippen LogP contribution in [0.3, 0.4) is 0 Å². The van der Waals surface area contributed by atoms with Crippen LogP contribution in [0.15, 0.2) is 23.3 Å². The lowest BCUT2D eigenvalue weighted by molar-refractivity contribution is -0.184. The third kappa shape index (κ3) is 5.03. The largest absolute Gasteiger partial charge is 0.390 e.